The number of nitrogens with zero attached hydrogens (tertiary/aromatic N) is 2. The summed E-state index contributed by atoms with van der Waals surface area (Å²) in [6.07, 6.45) is 3.28. The number of amides is 2. The first-order valence-electron chi connectivity index (χ1n) is 11.2. The number of ether oxygens (including phenoxy) is 2. The van der Waals surface area contributed by atoms with Crippen molar-refractivity contribution in [1.29, 1.82) is 0 Å². The summed E-state index contributed by atoms with van der Waals surface area (Å²) in [6, 6.07) is 12.4. The number of epoxide rings is 1. The van der Waals surface area contributed by atoms with Crippen LogP contribution in [0.25, 0.3) is 10.8 Å². The molecule has 6 heterocycles. The lowest BCUT2D eigenvalue weighted by Gasteiger charge is -2.45. The average Bonchev–Trinajstić information content (AvgIpc) is 3.08. The van der Waals surface area contributed by atoms with Crippen LogP contribution in [0.4, 0.5) is 5.69 Å². The van der Waals surface area contributed by atoms with E-state index in [1.807, 2.05) is 21.9 Å². The van der Waals surface area contributed by atoms with E-state index in [1.165, 1.54) is 0 Å². The Morgan fingerprint density at radius 2 is 1.97 bits per heavy atom. The third-order valence-electron chi connectivity index (χ3n) is 8.54. The number of fused-ring (bicyclic) bond motifs is 8. The molecule has 6 aliphatic rings. The Morgan fingerprint density at radius 1 is 1.07 bits per heavy atom. The quantitative estimate of drug-likeness (QED) is 0.688. The van der Waals surface area contributed by atoms with Crippen molar-refractivity contribution in [2.24, 2.45) is 5.92 Å². The molecule has 8 rings (SSSR count). The monoisotopic (exact) mass is 402 g/mol. The highest BCUT2D eigenvalue weighted by molar-refractivity contribution is 6.09. The molecule has 0 radical (unpaired) electrons. The molecular formula is C24H22N2O4. The van der Waals surface area contributed by atoms with Crippen LogP contribution in [0, 0.1) is 5.92 Å². The van der Waals surface area contributed by atoms with E-state index in [2.05, 4.69) is 24.3 Å². The van der Waals surface area contributed by atoms with Crippen molar-refractivity contribution in [3.8, 4) is 0 Å². The Kier molecular flexibility index (Phi) is 2.75. The molecule has 0 N–H and O–H groups in total. The minimum atomic E-state index is -0.540. The summed E-state index contributed by atoms with van der Waals surface area (Å²) >= 11 is 0. The smallest absolute Gasteiger partial charge is 0.233 e. The molecule has 2 amide bonds. The molecule has 0 saturated carbocycles. The summed E-state index contributed by atoms with van der Waals surface area (Å²) in [5.74, 6) is 0.277. The molecule has 7 atom stereocenters. The van der Waals surface area contributed by atoms with Crippen molar-refractivity contribution in [2.45, 2.75) is 61.7 Å². The Hall–Kier alpha value is -2.44. The molecule has 6 aliphatic heterocycles. The molecule has 5 fully saturated rings. The van der Waals surface area contributed by atoms with E-state index in [-0.39, 0.29) is 48.1 Å². The molecule has 0 aromatic heterocycles. The second kappa shape index (κ2) is 5.06. The summed E-state index contributed by atoms with van der Waals surface area (Å²) in [7, 11) is 0. The maximum Gasteiger partial charge on any atom is 0.233 e. The van der Waals surface area contributed by atoms with Crippen LogP contribution in [0.2, 0.25) is 0 Å². The molecule has 2 aromatic carbocycles. The van der Waals surface area contributed by atoms with Gasteiger partial charge in [0.05, 0.1) is 29.8 Å². The van der Waals surface area contributed by atoms with Crippen LogP contribution in [-0.2, 0) is 19.1 Å². The van der Waals surface area contributed by atoms with Gasteiger partial charge in [-0.2, -0.15) is 0 Å². The first-order valence-corrected chi connectivity index (χ1v) is 11.2. The standard InChI is InChI=1S/C24H22N2O4/c27-19-6-3-9-25(19)16-11-18-24-15(10-17(30-24)21-22(24)29-21)23(28)26(18)20-13-5-2-1-4-12(13)7-8-14(16)20/h1-2,4-5,7-8,15-18,21-22H,3,6,9-11H2/t15-,16-,17-,18-,21-,22-,24-/m0/s1. The van der Waals surface area contributed by atoms with E-state index in [0.717, 1.165) is 47.8 Å². The Bertz CT molecular complexity index is 1160. The molecule has 2 aromatic rings. The van der Waals surface area contributed by atoms with Gasteiger partial charge in [-0.3, -0.25) is 9.59 Å². The largest absolute Gasteiger partial charge is 0.363 e. The molecule has 0 unspecified atom stereocenters. The van der Waals surface area contributed by atoms with Gasteiger partial charge in [-0.05, 0) is 30.2 Å². The molecule has 152 valence electrons. The topological polar surface area (TPSA) is 62.4 Å². The highest BCUT2D eigenvalue weighted by Gasteiger charge is 2.82. The summed E-state index contributed by atoms with van der Waals surface area (Å²) in [5, 5.41) is 2.21. The number of benzene rings is 2. The number of hydrogen-bond donors (Lipinski definition) is 0. The van der Waals surface area contributed by atoms with E-state index in [9.17, 15) is 9.59 Å². The average molecular weight is 402 g/mol. The van der Waals surface area contributed by atoms with Crippen LogP contribution in [0.15, 0.2) is 36.4 Å². The second-order valence-electron chi connectivity index (χ2n) is 9.71. The van der Waals surface area contributed by atoms with Crippen LogP contribution >= 0.6 is 0 Å². The summed E-state index contributed by atoms with van der Waals surface area (Å²) < 4.78 is 12.6. The minimum absolute atomic E-state index is 0.0118. The highest BCUT2D eigenvalue weighted by Crippen LogP contribution is 2.66. The lowest BCUT2D eigenvalue weighted by molar-refractivity contribution is -0.131. The SMILES string of the molecule is O=C1CCCN1[C@H]1C[C@@H]2N(C(=O)[C@@H]3C[C@@H]4O[C@]23[C@H]2O[C@@H]42)c2c1ccc1ccccc21. The van der Waals surface area contributed by atoms with Crippen molar-refractivity contribution < 1.29 is 19.1 Å². The highest BCUT2D eigenvalue weighted by atomic mass is 16.7. The fourth-order valence-corrected chi connectivity index (χ4v) is 7.36. The van der Waals surface area contributed by atoms with Crippen LogP contribution in [0.3, 0.4) is 0 Å². The molecule has 1 spiro atoms. The number of rotatable bonds is 1. The van der Waals surface area contributed by atoms with Gasteiger partial charge < -0.3 is 19.3 Å². The van der Waals surface area contributed by atoms with Crippen molar-refractivity contribution in [3.05, 3.63) is 42.0 Å². The van der Waals surface area contributed by atoms with E-state index >= 15 is 0 Å². The number of carbonyl (C=O) groups is 2. The van der Waals surface area contributed by atoms with Crippen molar-refractivity contribution in [2.75, 3.05) is 11.4 Å². The van der Waals surface area contributed by atoms with Gasteiger partial charge in [0.25, 0.3) is 0 Å². The van der Waals surface area contributed by atoms with Crippen LogP contribution in [0.5, 0.6) is 0 Å². The van der Waals surface area contributed by atoms with Gasteiger partial charge in [-0.1, -0.05) is 36.4 Å². The predicted octanol–water partition coefficient (Wildman–Crippen LogP) is 2.55. The Labute approximate surface area is 173 Å². The molecule has 5 saturated heterocycles. The minimum Gasteiger partial charge on any atom is -0.363 e. The van der Waals surface area contributed by atoms with Gasteiger partial charge in [-0.25, -0.2) is 0 Å². The van der Waals surface area contributed by atoms with Gasteiger partial charge in [0.15, 0.2) is 0 Å². The number of likely N-dealkylation sites (tertiary alicyclic amines) is 1. The van der Waals surface area contributed by atoms with E-state index < -0.39 is 5.60 Å². The van der Waals surface area contributed by atoms with Crippen molar-refractivity contribution >= 4 is 28.3 Å². The van der Waals surface area contributed by atoms with Gasteiger partial charge in [0.2, 0.25) is 11.8 Å². The van der Waals surface area contributed by atoms with E-state index in [4.69, 9.17) is 9.47 Å². The second-order valence-corrected chi connectivity index (χ2v) is 9.71. The molecule has 30 heavy (non-hydrogen) atoms. The van der Waals surface area contributed by atoms with Gasteiger partial charge in [0, 0.05) is 18.4 Å². The number of hydrogen-bond acceptors (Lipinski definition) is 4. The fraction of sp³-hybridized carbons (Fsp3) is 0.500. The lowest BCUT2D eigenvalue weighted by Crippen LogP contribution is -2.54. The van der Waals surface area contributed by atoms with Crippen LogP contribution in [-0.4, -0.2) is 53.2 Å². The van der Waals surface area contributed by atoms with Gasteiger partial charge >= 0.3 is 0 Å². The molecule has 2 bridgehead atoms. The summed E-state index contributed by atoms with van der Waals surface area (Å²) in [5.41, 5.74) is 1.56. The lowest BCUT2D eigenvalue weighted by atomic mass is 9.74. The molecule has 0 aliphatic carbocycles. The van der Waals surface area contributed by atoms with E-state index in [1.54, 1.807) is 0 Å². The first kappa shape index (κ1) is 16.3. The summed E-state index contributed by atoms with van der Waals surface area (Å²) in [6.45, 7) is 0.791. The zero-order valence-corrected chi connectivity index (χ0v) is 16.5. The summed E-state index contributed by atoms with van der Waals surface area (Å²) in [4.78, 5) is 30.6. The van der Waals surface area contributed by atoms with Crippen molar-refractivity contribution in [3.63, 3.8) is 0 Å². The zero-order chi connectivity index (χ0) is 19.8. The molecular weight excluding hydrogens is 380 g/mol. The molecule has 6 heteroatoms. The first-order chi connectivity index (χ1) is 14.7. The number of anilines is 1. The van der Waals surface area contributed by atoms with Crippen molar-refractivity contribution in [1.82, 2.24) is 4.90 Å². The normalized spacial score (nSPS) is 42.5. The Balaban J connectivity index is 1.39. The third-order valence-corrected chi connectivity index (χ3v) is 8.54. The predicted molar refractivity (Wildman–Crippen MR) is 108 cm³/mol. The third kappa shape index (κ3) is 1.65. The van der Waals surface area contributed by atoms with Crippen LogP contribution in [0.1, 0.15) is 37.3 Å². The number of carbonyl (C=O) groups excluding carboxylic acids is 2. The fourth-order valence-electron chi connectivity index (χ4n) is 7.36. The van der Waals surface area contributed by atoms with Crippen LogP contribution < -0.4 is 4.90 Å². The maximum absolute atomic E-state index is 13.8. The molecule has 6 nitrogen and oxygen atoms in total. The van der Waals surface area contributed by atoms with Gasteiger partial charge in [0.1, 0.15) is 17.8 Å². The zero-order valence-electron chi connectivity index (χ0n) is 16.5. The maximum atomic E-state index is 13.8. The van der Waals surface area contributed by atoms with E-state index in [0.29, 0.717) is 6.42 Å². The van der Waals surface area contributed by atoms with Gasteiger partial charge in [-0.15, -0.1) is 0 Å². The Morgan fingerprint density at radius 3 is 2.80 bits per heavy atom.